The first kappa shape index (κ1) is 16.8. The minimum atomic E-state index is 0.611. The number of aliphatic imine (C=N–C) groups is 1. The van der Waals surface area contributed by atoms with Gasteiger partial charge in [0.25, 0.3) is 0 Å². The van der Waals surface area contributed by atoms with Crippen molar-refractivity contribution in [2.24, 2.45) is 4.99 Å². The van der Waals surface area contributed by atoms with Crippen molar-refractivity contribution in [3.05, 3.63) is 35.4 Å². The average molecular weight is 302 g/mol. The maximum Gasteiger partial charge on any atom is 0.191 e. The van der Waals surface area contributed by atoms with Crippen LogP contribution in [0, 0.1) is 6.92 Å². The third-order valence-electron chi connectivity index (χ3n) is 4.40. The van der Waals surface area contributed by atoms with Gasteiger partial charge in [0.15, 0.2) is 5.96 Å². The predicted molar refractivity (Wildman–Crippen MR) is 94.3 cm³/mol. The number of benzene rings is 1. The van der Waals surface area contributed by atoms with E-state index < -0.39 is 0 Å². The van der Waals surface area contributed by atoms with Crippen LogP contribution in [0.4, 0.5) is 0 Å². The van der Waals surface area contributed by atoms with Crippen molar-refractivity contribution in [2.45, 2.75) is 45.7 Å². The molecule has 122 valence electrons. The predicted octanol–water partition coefficient (Wildman–Crippen LogP) is 2.53. The van der Waals surface area contributed by atoms with Crippen molar-refractivity contribution < 1.29 is 0 Å². The molecule has 1 aliphatic heterocycles. The maximum atomic E-state index is 4.33. The Balaban J connectivity index is 1.79. The molecule has 0 aromatic heterocycles. The molecule has 1 aliphatic rings. The molecule has 22 heavy (non-hydrogen) atoms. The molecule has 1 saturated heterocycles. The van der Waals surface area contributed by atoms with Crippen LogP contribution < -0.4 is 10.6 Å². The zero-order valence-corrected chi connectivity index (χ0v) is 14.2. The lowest BCUT2D eigenvalue weighted by Gasteiger charge is -2.27. The van der Waals surface area contributed by atoms with Gasteiger partial charge in [-0.15, -0.1) is 0 Å². The molecule has 1 aromatic rings. The van der Waals surface area contributed by atoms with E-state index >= 15 is 0 Å². The van der Waals surface area contributed by atoms with Gasteiger partial charge in [0, 0.05) is 26.2 Å². The Hall–Kier alpha value is -1.55. The first-order valence-electron chi connectivity index (χ1n) is 8.47. The molecule has 1 heterocycles. The summed E-state index contributed by atoms with van der Waals surface area (Å²) >= 11 is 0. The lowest BCUT2D eigenvalue weighted by Crippen LogP contribution is -2.46. The highest BCUT2D eigenvalue weighted by atomic mass is 15.2. The lowest BCUT2D eigenvalue weighted by atomic mass is 10.1. The van der Waals surface area contributed by atoms with E-state index in [-0.39, 0.29) is 0 Å². The fourth-order valence-electron chi connectivity index (χ4n) is 3.08. The monoisotopic (exact) mass is 302 g/mol. The fraction of sp³-hybridized carbons (Fsp3) is 0.611. The normalized spacial score (nSPS) is 17.5. The van der Waals surface area contributed by atoms with Crippen LogP contribution in [0.2, 0.25) is 0 Å². The second-order valence-electron chi connectivity index (χ2n) is 6.10. The first-order valence-corrected chi connectivity index (χ1v) is 8.47. The van der Waals surface area contributed by atoms with Gasteiger partial charge >= 0.3 is 0 Å². The van der Waals surface area contributed by atoms with Crippen LogP contribution in [-0.2, 0) is 6.54 Å². The van der Waals surface area contributed by atoms with Crippen LogP contribution in [-0.4, -0.2) is 43.6 Å². The van der Waals surface area contributed by atoms with Gasteiger partial charge in [-0.1, -0.05) is 36.8 Å². The lowest BCUT2D eigenvalue weighted by molar-refractivity contribution is 0.236. The summed E-state index contributed by atoms with van der Waals surface area (Å²) in [5, 5.41) is 6.88. The van der Waals surface area contributed by atoms with Crippen molar-refractivity contribution in [1.82, 2.24) is 15.5 Å². The van der Waals surface area contributed by atoms with E-state index in [9.17, 15) is 0 Å². The summed E-state index contributed by atoms with van der Waals surface area (Å²) in [4.78, 5) is 6.93. The fourth-order valence-corrected chi connectivity index (χ4v) is 3.08. The third kappa shape index (κ3) is 5.02. The molecule has 0 amide bonds. The number of aryl methyl sites for hydroxylation is 1. The van der Waals surface area contributed by atoms with Crippen LogP contribution in [0.1, 0.15) is 37.3 Å². The highest BCUT2D eigenvalue weighted by Crippen LogP contribution is 2.13. The molecule has 1 aromatic carbocycles. The second-order valence-corrected chi connectivity index (χ2v) is 6.10. The Morgan fingerprint density at radius 3 is 2.68 bits per heavy atom. The summed E-state index contributed by atoms with van der Waals surface area (Å²) in [5.74, 6) is 0.888. The Labute approximate surface area is 135 Å². The van der Waals surface area contributed by atoms with E-state index in [0.717, 1.165) is 19.0 Å². The van der Waals surface area contributed by atoms with E-state index in [1.54, 1.807) is 0 Å². The Kier molecular flexibility index (Phi) is 6.72. The molecule has 0 radical (unpaired) electrons. The van der Waals surface area contributed by atoms with Crippen LogP contribution in [0.5, 0.6) is 0 Å². The highest BCUT2D eigenvalue weighted by Gasteiger charge is 2.20. The van der Waals surface area contributed by atoms with Crippen molar-refractivity contribution in [1.29, 1.82) is 0 Å². The van der Waals surface area contributed by atoms with Crippen LogP contribution >= 0.6 is 0 Å². The summed E-state index contributed by atoms with van der Waals surface area (Å²) in [5.41, 5.74) is 2.58. The molecule has 4 heteroatoms. The quantitative estimate of drug-likeness (QED) is 0.626. The van der Waals surface area contributed by atoms with Crippen molar-refractivity contribution in [2.75, 3.05) is 26.7 Å². The van der Waals surface area contributed by atoms with Crippen LogP contribution in [0.25, 0.3) is 0 Å². The Morgan fingerprint density at radius 2 is 2.05 bits per heavy atom. The molecule has 1 fully saturated rings. The van der Waals surface area contributed by atoms with Gasteiger partial charge in [-0.25, -0.2) is 0 Å². The zero-order valence-electron chi connectivity index (χ0n) is 14.2. The smallest absolute Gasteiger partial charge is 0.191 e. The van der Waals surface area contributed by atoms with Gasteiger partial charge in [-0.3, -0.25) is 9.89 Å². The number of nitrogens with one attached hydrogen (secondary N) is 2. The van der Waals surface area contributed by atoms with E-state index in [4.69, 9.17) is 0 Å². The molecular formula is C18H30N4. The molecule has 1 atom stereocenters. The van der Waals surface area contributed by atoms with E-state index in [2.05, 4.69) is 58.6 Å². The SMILES string of the molecule is CCC(CNC(=NC)NCc1cccc(C)c1)N1CCCC1. The first-order chi connectivity index (χ1) is 10.7. The number of likely N-dealkylation sites (tertiary alicyclic amines) is 1. The molecule has 0 saturated carbocycles. The summed E-state index contributed by atoms with van der Waals surface area (Å²) in [6.07, 6.45) is 3.87. The van der Waals surface area contributed by atoms with Crippen molar-refractivity contribution >= 4 is 5.96 Å². The molecule has 2 N–H and O–H groups in total. The summed E-state index contributed by atoms with van der Waals surface area (Å²) in [7, 11) is 1.84. The molecule has 4 nitrogen and oxygen atoms in total. The van der Waals surface area contributed by atoms with E-state index in [1.807, 2.05) is 7.05 Å². The zero-order chi connectivity index (χ0) is 15.8. The summed E-state index contributed by atoms with van der Waals surface area (Å²) in [6, 6.07) is 9.19. The van der Waals surface area contributed by atoms with Gasteiger partial charge in [0.2, 0.25) is 0 Å². The Bertz CT molecular complexity index is 478. The summed E-state index contributed by atoms with van der Waals surface area (Å²) in [6.45, 7) is 8.66. The minimum absolute atomic E-state index is 0.611. The van der Waals surface area contributed by atoms with E-state index in [0.29, 0.717) is 6.04 Å². The number of guanidine groups is 1. The largest absolute Gasteiger partial charge is 0.355 e. The number of hydrogen-bond donors (Lipinski definition) is 2. The van der Waals surface area contributed by atoms with Gasteiger partial charge in [-0.2, -0.15) is 0 Å². The third-order valence-corrected chi connectivity index (χ3v) is 4.40. The number of hydrogen-bond acceptors (Lipinski definition) is 2. The number of rotatable bonds is 6. The van der Waals surface area contributed by atoms with Crippen molar-refractivity contribution in [3.63, 3.8) is 0 Å². The van der Waals surface area contributed by atoms with Crippen molar-refractivity contribution in [3.8, 4) is 0 Å². The van der Waals surface area contributed by atoms with Crippen LogP contribution in [0.3, 0.4) is 0 Å². The topological polar surface area (TPSA) is 39.7 Å². The molecule has 0 bridgehead atoms. The Morgan fingerprint density at radius 1 is 1.27 bits per heavy atom. The van der Waals surface area contributed by atoms with Gasteiger partial charge in [0.05, 0.1) is 0 Å². The molecular weight excluding hydrogens is 272 g/mol. The molecule has 0 aliphatic carbocycles. The number of nitrogens with zero attached hydrogens (tertiary/aromatic N) is 2. The van der Waals surface area contributed by atoms with Gasteiger partial charge < -0.3 is 10.6 Å². The molecule has 1 unspecified atom stereocenters. The summed E-state index contributed by atoms with van der Waals surface area (Å²) < 4.78 is 0. The highest BCUT2D eigenvalue weighted by molar-refractivity contribution is 5.79. The second kappa shape index (κ2) is 8.79. The van der Waals surface area contributed by atoms with Gasteiger partial charge in [-0.05, 0) is 44.8 Å². The maximum absolute atomic E-state index is 4.33. The van der Waals surface area contributed by atoms with Crippen LogP contribution in [0.15, 0.2) is 29.3 Å². The molecule has 2 rings (SSSR count). The van der Waals surface area contributed by atoms with Gasteiger partial charge in [0.1, 0.15) is 0 Å². The standard InChI is InChI=1S/C18H30N4/c1-4-17(22-10-5-6-11-22)14-21-18(19-3)20-13-16-9-7-8-15(2)12-16/h7-9,12,17H,4-6,10-11,13-14H2,1-3H3,(H2,19,20,21). The van der Waals surface area contributed by atoms with E-state index in [1.165, 1.54) is 43.5 Å². The average Bonchev–Trinajstić information content (AvgIpc) is 3.05. The minimum Gasteiger partial charge on any atom is -0.355 e. The molecule has 0 spiro atoms.